The van der Waals surface area contributed by atoms with E-state index in [0.717, 1.165) is 0 Å². The average Bonchev–Trinajstić information content (AvgIpc) is 2.11. The van der Waals surface area contributed by atoms with Gasteiger partial charge in [0.1, 0.15) is 11.6 Å². The maximum Gasteiger partial charge on any atom is 0.132 e. The van der Waals surface area contributed by atoms with Gasteiger partial charge in [0, 0.05) is 5.56 Å². The van der Waals surface area contributed by atoms with Gasteiger partial charge in [-0.15, -0.1) is 0 Å². The Balaban J connectivity index is 2.89. The van der Waals surface area contributed by atoms with Crippen LogP contribution in [0.5, 0.6) is 0 Å². The Morgan fingerprint density at radius 1 is 1.36 bits per heavy atom. The number of hydrogen-bond donors (Lipinski definition) is 1. The lowest BCUT2D eigenvalue weighted by atomic mass is 10.0. The SMILES string of the molecule is Cc1ccc(F)c(CCC(C)O)c1F. The second kappa shape index (κ2) is 4.51. The van der Waals surface area contributed by atoms with Gasteiger partial charge in [-0.3, -0.25) is 0 Å². The number of rotatable bonds is 3. The van der Waals surface area contributed by atoms with Crippen LogP contribution >= 0.6 is 0 Å². The van der Waals surface area contributed by atoms with Crippen molar-refractivity contribution in [3.05, 3.63) is 34.9 Å². The Morgan fingerprint density at radius 3 is 2.57 bits per heavy atom. The number of hydrogen-bond acceptors (Lipinski definition) is 1. The van der Waals surface area contributed by atoms with Crippen molar-refractivity contribution in [2.75, 3.05) is 0 Å². The molecule has 1 aromatic rings. The molecular weight excluding hydrogens is 186 g/mol. The summed E-state index contributed by atoms with van der Waals surface area (Å²) < 4.78 is 26.6. The Bertz CT molecular complexity index is 321. The van der Waals surface area contributed by atoms with Gasteiger partial charge in [0.25, 0.3) is 0 Å². The smallest absolute Gasteiger partial charge is 0.132 e. The zero-order valence-electron chi connectivity index (χ0n) is 8.35. The van der Waals surface area contributed by atoms with E-state index >= 15 is 0 Å². The summed E-state index contributed by atoms with van der Waals surface area (Å²) >= 11 is 0. The van der Waals surface area contributed by atoms with Crippen LogP contribution in [0, 0.1) is 18.6 Å². The minimum Gasteiger partial charge on any atom is -0.393 e. The molecule has 1 aromatic carbocycles. The summed E-state index contributed by atoms with van der Waals surface area (Å²) in [6.45, 7) is 3.20. The molecule has 0 spiro atoms. The van der Waals surface area contributed by atoms with E-state index in [4.69, 9.17) is 5.11 Å². The topological polar surface area (TPSA) is 20.2 Å². The van der Waals surface area contributed by atoms with Gasteiger partial charge >= 0.3 is 0 Å². The van der Waals surface area contributed by atoms with Crippen molar-refractivity contribution in [2.45, 2.75) is 32.8 Å². The molecule has 0 fully saturated rings. The Morgan fingerprint density at radius 2 is 2.00 bits per heavy atom. The van der Waals surface area contributed by atoms with E-state index in [1.54, 1.807) is 13.8 Å². The normalized spacial score (nSPS) is 12.9. The fourth-order valence-corrected chi connectivity index (χ4v) is 1.30. The summed E-state index contributed by atoms with van der Waals surface area (Å²) in [5, 5.41) is 9.02. The van der Waals surface area contributed by atoms with Gasteiger partial charge in [0.2, 0.25) is 0 Å². The number of aryl methyl sites for hydroxylation is 1. The zero-order valence-corrected chi connectivity index (χ0v) is 8.35. The van der Waals surface area contributed by atoms with Crippen LogP contribution in [-0.4, -0.2) is 11.2 Å². The first-order chi connectivity index (χ1) is 6.52. The lowest BCUT2D eigenvalue weighted by Gasteiger charge is -2.08. The summed E-state index contributed by atoms with van der Waals surface area (Å²) in [5.74, 6) is -1.03. The Labute approximate surface area is 82.4 Å². The molecule has 1 rings (SSSR count). The standard InChI is InChI=1S/C11H14F2O/c1-7-3-6-10(12)9(11(7)13)5-4-8(2)14/h3,6,8,14H,4-5H2,1-2H3. The third-order valence-electron chi connectivity index (χ3n) is 2.19. The molecule has 3 heteroatoms. The summed E-state index contributed by atoms with van der Waals surface area (Å²) in [6, 6.07) is 2.67. The van der Waals surface area contributed by atoms with Crippen LogP contribution in [0.4, 0.5) is 8.78 Å². The first-order valence-electron chi connectivity index (χ1n) is 4.64. The predicted molar refractivity (Wildman–Crippen MR) is 51.1 cm³/mol. The summed E-state index contributed by atoms with van der Waals surface area (Å²) in [5.41, 5.74) is 0.512. The number of benzene rings is 1. The third kappa shape index (κ3) is 2.51. The Kier molecular flexibility index (Phi) is 3.58. The van der Waals surface area contributed by atoms with Crippen LogP contribution in [0.1, 0.15) is 24.5 Å². The van der Waals surface area contributed by atoms with E-state index in [1.807, 2.05) is 0 Å². The van der Waals surface area contributed by atoms with Crippen molar-refractivity contribution < 1.29 is 13.9 Å². The van der Waals surface area contributed by atoms with Crippen molar-refractivity contribution in [2.24, 2.45) is 0 Å². The molecule has 0 saturated heterocycles. The van der Waals surface area contributed by atoms with Crippen LogP contribution < -0.4 is 0 Å². The molecule has 0 aliphatic rings. The molecule has 0 radical (unpaired) electrons. The monoisotopic (exact) mass is 200 g/mol. The number of aliphatic hydroxyl groups excluding tert-OH is 1. The van der Waals surface area contributed by atoms with Gasteiger partial charge in [-0.05, 0) is 38.3 Å². The molecule has 0 heterocycles. The second-order valence-electron chi connectivity index (χ2n) is 3.54. The number of aliphatic hydroxyl groups is 1. The van der Waals surface area contributed by atoms with Crippen molar-refractivity contribution in [1.82, 2.24) is 0 Å². The highest BCUT2D eigenvalue weighted by molar-refractivity contribution is 5.26. The maximum atomic E-state index is 13.4. The van der Waals surface area contributed by atoms with E-state index in [-0.39, 0.29) is 12.0 Å². The molecule has 14 heavy (non-hydrogen) atoms. The predicted octanol–water partition coefficient (Wildman–Crippen LogP) is 2.59. The fourth-order valence-electron chi connectivity index (χ4n) is 1.30. The minimum absolute atomic E-state index is 0.0749. The molecule has 0 aliphatic carbocycles. The molecule has 1 nitrogen and oxygen atoms in total. The van der Waals surface area contributed by atoms with E-state index in [1.165, 1.54) is 12.1 Å². The van der Waals surface area contributed by atoms with Crippen molar-refractivity contribution in [1.29, 1.82) is 0 Å². The Hall–Kier alpha value is -0.960. The van der Waals surface area contributed by atoms with E-state index in [0.29, 0.717) is 12.0 Å². The van der Waals surface area contributed by atoms with Gasteiger partial charge in [0.15, 0.2) is 0 Å². The molecular formula is C11H14F2O. The highest BCUT2D eigenvalue weighted by atomic mass is 19.1. The number of halogens is 2. The molecule has 1 unspecified atom stereocenters. The lowest BCUT2D eigenvalue weighted by molar-refractivity contribution is 0.184. The molecule has 0 aliphatic heterocycles. The molecule has 0 saturated carbocycles. The minimum atomic E-state index is -0.534. The molecule has 1 atom stereocenters. The third-order valence-corrected chi connectivity index (χ3v) is 2.19. The largest absolute Gasteiger partial charge is 0.393 e. The van der Waals surface area contributed by atoms with Gasteiger partial charge in [-0.1, -0.05) is 6.07 Å². The van der Waals surface area contributed by atoms with E-state index in [2.05, 4.69) is 0 Å². The molecule has 0 bridgehead atoms. The van der Waals surface area contributed by atoms with E-state index < -0.39 is 17.7 Å². The summed E-state index contributed by atoms with van der Waals surface area (Å²) in [7, 11) is 0. The summed E-state index contributed by atoms with van der Waals surface area (Å²) in [4.78, 5) is 0. The maximum absolute atomic E-state index is 13.4. The van der Waals surface area contributed by atoms with Gasteiger partial charge in [-0.25, -0.2) is 8.78 Å². The molecule has 78 valence electrons. The van der Waals surface area contributed by atoms with Crippen LogP contribution in [0.2, 0.25) is 0 Å². The van der Waals surface area contributed by atoms with Crippen LogP contribution in [0.25, 0.3) is 0 Å². The van der Waals surface area contributed by atoms with Crippen LogP contribution in [0.15, 0.2) is 12.1 Å². The van der Waals surface area contributed by atoms with E-state index in [9.17, 15) is 8.78 Å². The zero-order chi connectivity index (χ0) is 10.7. The van der Waals surface area contributed by atoms with Crippen molar-refractivity contribution in [3.63, 3.8) is 0 Å². The van der Waals surface area contributed by atoms with Crippen LogP contribution in [-0.2, 0) is 6.42 Å². The van der Waals surface area contributed by atoms with Gasteiger partial charge in [-0.2, -0.15) is 0 Å². The summed E-state index contributed by atoms with van der Waals surface area (Å²) in [6.07, 6.45) is 0.0724. The first kappa shape index (κ1) is 11.1. The highest BCUT2D eigenvalue weighted by Crippen LogP contribution is 2.18. The lowest BCUT2D eigenvalue weighted by Crippen LogP contribution is -2.05. The van der Waals surface area contributed by atoms with Crippen LogP contribution in [0.3, 0.4) is 0 Å². The first-order valence-corrected chi connectivity index (χ1v) is 4.64. The van der Waals surface area contributed by atoms with Gasteiger partial charge < -0.3 is 5.11 Å². The fraction of sp³-hybridized carbons (Fsp3) is 0.455. The molecule has 0 amide bonds. The average molecular weight is 200 g/mol. The second-order valence-corrected chi connectivity index (χ2v) is 3.54. The molecule has 0 aromatic heterocycles. The van der Waals surface area contributed by atoms with Crippen molar-refractivity contribution in [3.8, 4) is 0 Å². The highest BCUT2D eigenvalue weighted by Gasteiger charge is 2.11. The van der Waals surface area contributed by atoms with Gasteiger partial charge in [0.05, 0.1) is 6.10 Å². The van der Waals surface area contributed by atoms with Crippen molar-refractivity contribution >= 4 is 0 Å². The molecule has 1 N–H and O–H groups in total. The quantitative estimate of drug-likeness (QED) is 0.795.